The van der Waals surface area contributed by atoms with Gasteiger partial charge in [0.25, 0.3) is 5.91 Å². The molecular weight excluding hydrogens is 415 g/mol. The van der Waals surface area contributed by atoms with Crippen molar-refractivity contribution in [2.75, 3.05) is 18.5 Å². The van der Waals surface area contributed by atoms with Crippen molar-refractivity contribution in [3.8, 4) is 6.07 Å². The average molecular weight is 443 g/mol. The van der Waals surface area contributed by atoms with Crippen molar-refractivity contribution >= 4 is 34.1 Å². The SMILES string of the molecule is CC1=CC(C)(C)N(C)c2cc(F)c(/C=C(\C#N)C(=O)NCCc3c[nH]c4ccccc34)cc21. The van der Waals surface area contributed by atoms with Gasteiger partial charge in [-0.05, 0) is 62.6 Å². The van der Waals surface area contributed by atoms with Crippen LogP contribution in [-0.4, -0.2) is 30.0 Å². The van der Waals surface area contributed by atoms with Gasteiger partial charge in [-0.2, -0.15) is 5.26 Å². The normalized spacial score (nSPS) is 15.1. The number of nitrogens with zero attached hydrogens (tertiary/aromatic N) is 2. The molecule has 2 heterocycles. The Bertz CT molecular complexity index is 1340. The van der Waals surface area contributed by atoms with Gasteiger partial charge in [-0.1, -0.05) is 24.3 Å². The molecule has 168 valence electrons. The molecule has 4 rings (SSSR count). The third-order valence-electron chi connectivity index (χ3n) is 6.36. The molecule has 6 heteroatoms. The monoisotopic (exact) mass is 442 g/mol. The van der Waals surface area contributed by atoms with Crippen molar-refractivity contribution in [2.45, 2.75) is 32.7 Å². The number of anilines is 1. The maximum atomic E-state index is 14.9. The highest BCUT2D eigenvalue weighted by Gasteiger charge is 2.29. The van der Waals surface area contributed by atoms with Gasteiger partial charge in [-0.25, -0.2) is 4.39 Å². The number of allylic oxidation sites excluding steroid dienone is 1. The van der Waals surface area contributed by atoms with Crippen LogP contribution < -0.4 is 10.2 Å². The fourth-order valence-corrected chi connectivity index (χ4v) is 4.35. The summed E-state index contributed by atoms with van der Waals surface area (Å²) >= 11 is 0. The topological polar surface area (TPSA) is 71.9 Å². The van der Waals surface area contributed by atoms with Crippen molar-refractivity contribution in [2.24, 2.45) is 0 Å². The molecule has 0 bridgehead atoms. The highest BCUT2D eigenvalue weighted by atomic mass is 19.1. The standard InChI is InChI=1S/C27H27FN4O/c1-17-14-27(2,3)32(4)25-13-23(28)19(12-22(17)25)11-20(15-29)26(33)30-10-9-18-16-31-24-8-6-5-7-21(18)24/h5-8,11-14,16,31H,9-10H2,1-4H3,(H,30,33)/b20-11+. The van der Waals surface area contributed by atoms with Gasteiger partial charge in [0.15, 0.2) is 0 Å². The van der Waals surface area contributed by atoms with Crippen LogP contribution in [-0.2, 0) is 11.2 Å². The fraction of sp³-hybridized carbons (Fsp3) is 0.259. The lowest BCUT2D eigenvalue weighted by atomic mass is 9.88. The predicted octanol–water partition coefficient (Wildman–Crippen LogP) is 5.20. The third kappa shape index (κ3) is 4.27. The van der Waals surface area contributed by atoms with Gasteiger partial charge in [0, 0.05) is 47.5 Å². The molecule has 1 aromatic heterocycles. The molecule has 33 heavy (non-hydrogen) atoms. The van der Waals surface area contributed by atoms with Crippen molar-refractivity contribution in [1.82, 2.24) is 10.3 Å². The van der Waals surface area contributed by atoms with Gasteiger partial charge in [-0.3, -0.25) is 4.79 Å². The summed E-state index contributed by atoms with van der Waals surface area (Å²) in [6, 6.07) is 13.1. The number of para-hydroxylation sites is 1. The number of amides is 1. The van der Waals surface area contributed by atoms with E-state index >= 15 is 0 Å². The number of nitriles is 1. The summed E-state index contributed by atoms with van der Waals surface area (Å²) in [5, 5.41) is 13.4. The molecular formula is C27H27FN4O. The zero-order chi connectivity index (χ0) is 23.8. The summed E-state index contributed by atoms with van der Waals surface area (Å²) in [4.78, 5) is 17.9. The lowest BCUT2D eigenvalue weighted by Gasteiger charge is -2.40. The summed E-state index contributed by atoms with van der Waals surface area (Å²) in [5.41, 5.74) is 4.70. The molecule has 1 amide bonds. The number of rotatable bonds is 5. The average Bonchev–Trinajstić information content (AvgIpc) is 3.19. The first-order valence-electron chi connectivity index (χ1n) is 10.9. The number of benzene rings is 2. The second-order valence-corrected chi connectivity index (χ2v) is 8.97. The summed E-state index contributed by atoms with van der Waals surface area (Å²) in [7, 11) is 1.93. The predicted molar refractivity (Wildman–Crippen MR) is 131 cm³/mol. The van der Waals surface area contributed by atoms with E-state index in [1.54, 1.807) is 6.07 Å². The summed E-state index contributed by atoms with van der Waals surface area (Å²) in [5.74, 6) is -0.981. The van der Waals surface area contributed by atoms with Crippen LogP contribution in [0.25, 0.3) is 22.6 Å². The van der Waals surface area contributed by atoms with E-state index in [0.29, 0.717) is 13.0 Å². The summed E-state index contributed by atoms with van der Waals surface area (Å²) < 4.78 is 14.9. The molecule has 0 saturated heterocycles. The van der Waals surface area contributed by atoms with Gasteiger partial charge in [-0.15, -0.1) is 0 Å². The zero-order valence-electron chi connectivity index (χ0n) is 19.3. The second-order valence-electron chi connectivity index (χ2n) is 8.97. The van der Waals surface area contributed by atoms with E-state index in [0.717, 1.165) is 33.3 Å². The molecule has 0 atom stereocenters. The number of likely N-dealkylation sites (N-methyl/N-ethyl adjacent to an activating group) is 1. The Kier molecular flexibility index (Phi) is 5.82. The molecule has 3 aromatic rings. The first-order valence-corrected chi connectivity index (χ1v) is 10.9. The van der Waals surface area contributed by atoms with Crippen LogP contribution >= 0.6 is 0 Å². The lowest BCUT2D eigenvalue weighted by molar-refractivity contribution is -0.117. The number of nitrogens with one attached hydrogen (secondary N) is 2. The number of fused-ring (bicyclic) bond motifs is 2. The number of hydrogen-bond donors (Lipinski definition) is 2. The third-order valence-corrected chi connectivity index (χ3v) is 6.36. The number of halogens is 1. The molecule has 0 saturated carbocycles. The van der Waals surface area contributed by atoms with Crippen LogP contribution in [0.15, 0.2) is 54.2 Å². The van der Waals surface area contributed by atoms with Crippen LogP contribution in [0.2, 0.25) is 0 Å². The van der Waals surface area contributed by atoms with Gasteiger partial charge < -0.3 is 15.2 Å². The molecule has 0 aliphatic carbocycles. The fourth-order valence-electron chi connectivity index (χ4n) is 4.35. The Morgan fingerprint density at radius 1 is 1.30 bits per heavy atom. The van der Waals surface area contributed by atoms with Gasteiger partial charge in [0.2, 0.25) is 0 Å². The molecule has 0 radical (unpaired) electrons. The van der Waals surface area contributed by atoms with Crippen LogP contribution in [0, 0.1) is 17.1 Å². The van der Waals surface area contributed by atoms with Crippen molar-refractivity contribution in [3.63, 3.8) is 0 Å². The van der Waals surface area contributed by atoms with E-state index in [9.17, 15) is 14.4 Å². The van der Waals surface area contributed by atoms with E-state index in [-0.39, 0.29) is 16.7 Å². The molecule has 1 aliphatic heterocycles. The quantitative estimate of drug-likeness (QED) is 0.421. The van der Waals surface area contributed by atoms with Crippen LogP contribution in [0.4, 0.5) is 10.1 Å². The minimum absolute atomic E-state index is 0.126. The van der Waals surface area contributed by atoms with E-state index in [4.69, 9.17) is 0 Å². The number of aromatic amines is 1. The molecule has 0 spiro atoms. The molecule has 2 N–H and O–H groups in total. The molecule has 0 unspecified atom stereocenters. The lowest BCUT2D eigenvalue weighted by Crippen LogP contribution is -2.42. The summed E-state index contributed by atoms with van der Waals surface area (Å²) in [6.45, 7) is 6.49. The smallest absolute Gasteiger partial charge is 0.261 e. The number of carbonyl (C=O) groups is 1. The Labute approximate surface area is 193 Å². The maximum Gasteiger partial charge on any atom is 0.261 e. The minimum Gasteiger partial charge on any atom is -0.365 e. The number of H-pyrrole nitrogens is 1. The second kappa shape index (κ2) is 8.59. The number of aromatic nitrogens is 1. The maximum absolute atomic E-state index is 14.9. The first-order chi connectivity index (χ1) is 15.7. The molecule has 5 nitrogen and oxygen atoms in total. The van der Waals surface area contributed by atoms with Crippen molar-refractivity contribution in [3.05, 3.63) is 76.8 Å². The Balaban J connectivity index is 1.52. The Morgan fingerprint density at radius 2 is 2.06 bits per heavy atom. The number of hydrogen-bond acceptors (Lipinski definition) is 3. The zero-order valence-corrected chi connectivity index (χ0v) is 19.3. The van der Waals surface area contributed by atoms with E-state index in [2.05, 4.69) is 30.2 Å². The first kappa shape index (κ1) is 22.3. The van der Waals surface area contributed by atoms with Crippen molar-refractivity contribution < 1.29 is 9.18 Å². The van der Waals surface area contributed by atoms with Crippen LogP contribution in [0.5, 0.6) is 0 Å². The molecule has 2 aromatic carbocycles. The summed E-state index contributed by atoms with van der Waals surface area (Å²) in [6.07, 6.45) is 6.00. The van der Waals surface area contributed by atoms with Gasteiger partial charge in [0.1, 0.15) is 17.5 Å². The van der Waals surface area contributed by atoms with Crippen LogP contribution in [0.1, 0.15) is 37.5 Å². The highest BCUT2D eigenvalue weighted by Crippen LogP contribution is 2.39. The van der Waals surface area contributed by atoms with Gasteiger partial charge in [0.05, 0.1) is 5.54 Å². The van der Waals surface area contributed by atoms with E-state index in [1.165, 1.54) is 12.1 Å². The van der Waals surface area contributed by atoms with Crippen molar-refractivity contribution in [1.29, 1.82) is 5.26 Å². The van der Waals surface area contributed by atoms with E-state index < -0.39 is 11.7 Å². The van der Waals surface area contributed by atoms with E-state index in [1.807, 2.05) is 55.4 Å². The number of carbonyl (C=O) groups excluding carboxylic acids is 1. The van der Waals surface area contributed by atoms with Crippen LogP contribution in [0.3, 0.4) is 0 Å². The largest absolute Gasteiger partial charge is 0.365 e. The molecule has 1 aliphatic rings. The highest BCUT2D eigenvalue weighted by molar-refractivity contribution is 6.02. The Hall–Kier alpha value is -3.85. The minimum atomic E-state index is -0.514. The Morgan fingerprint density at radius 3 is 2.82 bits per heavy atom. The van der Waals surface area contributed by atoms with Gasteiger partial charge >= 0.3 is 0 Å². The molecule has 0 fully saturated rings.